The minimum absolute atomic E-state index is 0.392. The Morgan fingerprint density at radius 2 is 2.00 bits per heavy atom. The SMILES string of the molecule is Clc1ccc2c(c1)ncn2C1CC[N]C(N2CCCCC2)C1. The molecule has 2 aliphatic rings. The van der Waals surface area contributed by atoms with E-state index in [1.807, 2.05) is 18.5 Å². The van der Waals surface area contributed by atoms with E-state index in [0.717, 1.165) is 29.9 Å². The Morgan fingerprint density at radius 3 is 2.86 bits per heavy atom. The molecule has 0 saturated carbocycles. The lowest BCUT2D eigenvalue weighted by Crippen LogP contribution is -2.48. The fourth-order valence-corrected chi connectivity index (χ4v) is 4.00. The summed E-state index contributed by atoms with van der Waals surface area (Å²) in [5.74, 6) is 0. The summed E-state index contributed by atoms with van der Waals surface area (Å²) in [7, 11) is 0. The Hall–Kier alpha value is -1.10. The van der Waals surface area contributed by atoms with Gasteiger partial charge in [0.25, 0.3) is 0 Å². The van der Waals surface area contributed by atoms with Gasteiger partial charge in [-0.05, 0) is 57.0 Å². The zero-order valence-corrected chi connectivity index (χ0v) is 13.5. The second-order valence-electron chi connectivity index (χ2n) is 6.45. The highest BCUT2D eigenvalue weighted by Crippen LogP contribution is 2.29. The predicted molar refractivity (Wildman–Crippen MR) is 89.2 cm³/mol. The molecule has 0 bridgehead atoms. The normalized spacial score (nSPS) is 27.3. The summed E-state index contributed by atoms with van der Waals surface area (Å²) in [5, 5.41) is 5.63. The number of likely N-dealkylation sites (tertiary alicyclic amines) is 1. The largest absolute Gasteiger partial charge is 0.327 e. The third-order valence-electron chi connectivity index (χ3n) is 5.03. The Labute approximate surface area is 136 Å². The average molecular weight is 318 g/mol. The lowest BCUT2D eigenvalue weighted by atomic mass is 10.0. The molecule has 117 valence electrons. The highest BCUT2D eigenvalue weighted by Gasteiger charge is 2.29. The number of hydrogen-bond acceptors (Lipinski definition) is 2. The molecule has 0 aliphatic carbocycles. The second-order valence-corrected chi connectivity index (χ2v) is 6.88. The van der Waals surface area contributed by atoms with Crippen LogP contribution in [0.15, 0.2) is 24.5 Å². The van der Waals surface area contributed by atoms with Crippen molar-refractivity contribution in [3.63, 3.8) is 0 Å². The summed E-state index contributed by atoms with van der Waals surface area (Å²) >= 11 is 6.07. The molecule has 2 saturated heterocycles. The number of imidazole rings is 1. The van der Waals surface area contributed by atoms with Crippen LogP contribution in [0.25, 0.3) is 11.0 Å². The van der Waals surface area contributed by atoms with Crippen LogP contribution in [0.1, 0.15) is 38.1 Å². The molecule has 0 amide bonds. The molecule has 3 heterocycles. The standard InChI is InChI=1S/C17H22ClN4/c18-13-4-5-16-15(10-13)20-12-22(16)14-6-7-19-17(11-14)21-8-2-1-3-9-21/h4-5,10,12,14,17H,1-3,6-9,11H2. The van der Waals surface area contributed by atoms with Crippen LogP contribution in [0.3, 0.4) is 0 Å². The van der Waals surface area contributed by atoms with Gasteiger partial charge >= 0.3 is 0 Å². The Morgan fingerprint density at radius 1 is 1.14 bits per heavy atom. The quantitative estimate of drug-likeness (QED) is 0.850. The molecule has 2 unspecified atom stereocenters. The van der Waals surface area contributed by atoms with Gasteiger partial charge in [-0.2, -0.15) is 0 Å². The molecule has 22 heavy (non-hydrogen) atoms. The van der Waals surface area contributed by atoms with Crippen molar-refractivity contribution >= 4 is 22.6 Å². The van der Waals surface area contributed by atoms with E-state index in [4.69, 9.17) is 16.9 Å². The summed E-state index contributed by atoms with van der Waals surface area (Å²) in [6.07, 6.45) is 8.60. The van der Waals surface area contributed by atoms with Gasteiger partial charge in [0.2, 0.25) is 0 Å². The highest BCUT2D eigenvalue weighted by atomic mass is 35.5. The van der Waals surface area contributed by atoms with Gasteiger partial charge in [-0.15, -0.1) is 0 Å². The molecule has 1 radical (unpaired) electrons. The van der Waals surface area contributed by atoms with E-state index in [1.54, 1.807) is 0 Å². The summed E-state index contributed by atoms with van der Waals surface area (Å²) in [5.41, 5.74) is 2.18. The topological polar surface area (TPSA) is 35.2 Å². The van der Waals surface area contributed by atoms with Gasteiger partial charge in [0, 0.05) is 17.6 Å². The molecule has 0 spiro atoms. The van der Waals surface area contributed by atoms with Gasteiger partial charge < -0.3 is 4.57 Å². The molecule has 2 atom stereocenters. The molecule has 2 fully saturated rings. The maximum absolute atomic E-state index is 6.07. The van der Waals surface area contributed by atoms with Crippen LogP contribution >= 0.6 is 11.6 Å². The molecular formula is C17H22ClN4. The Bertz CT molecular complexity index is 647. The number of fused-ring (bicyclic) bond motifs is 1. The first-order chi connectivity index (χ1) is 10.8. The van der Waals surface area contributed by atoms with E-state index in [0.29, 0.717) is 12.2 Å². The van der Waals surface area contributed by atoms with Gasteiger partial charge in [0.15, 0.2) is 0 Å². The van der Waals surface area contributed by atoms with Crippen molar-refractivity contribution in [2.45, 2.75) is 44.3 Å². The highest BCUT2D eigenvalue weighted by molar-refractivity contribution is 6.31. The van der Waals surface area contributed by atoms with Crippen molar-refractivity contribution in [2.24, 2.45) is 0 Å². The van der Waals surface area contributed by atoms with E-state index in [9.17, 15) is 0 Å². The van der Waals surface area contributed by atoms with Crippen molar-refractivity contribution in [3.8, 4) is 0 Å². The molecule has 5 heteroatoms. The number of rotatable bonds is 2. The van der Waals surface area contributed by atoms with Crippen molar-refractivity contribution in [3.05, 3.63) is 29.5 Å². The molecular weight excluding hydrogens is 296 g/mol. The lowest BCUT2D eigenvalue weighted by molar-refractivity contribution is 0.0928. The van der Waals surface area contributed by atoms with Crippen LogP contribution in [-0.4, -0.2) is 40.3 Å². The van der Waals surface area contributed by atoms with Gasteiger partial charge in [-0.25, -0.2) is 10.3 Å². The smallest absolute Gasteiger partial charge is 0.0960 e. The van der Waals surface area contributed by atoms with Gasteiger partial charge in [0.1, 0.15) is 0 Å². The predicted octanol–water partition coefficient (Wildman–Crippen LogP) is 3.44. The first-order valence-corrected chi connectivity index (χ1v) is 8.72. The van der Waals surface area contributed by atoms with Crippen LogP contribution in [0, 0.1) is 0 Å². The minimum Gasteiger partial charge on any atom is -0.327 e. The number of halogens is 1. The molecule has 0 N–H and O–H groups in total. The van der Waals surface area contributed by atoms with Crippen molar-refractivity contribution in [2.75, 3.05) is 19.6 Å². The third kappa shape index (κ3) is 2.75. The third-order valence-corrected chi connectivity index (χ3v) is 5.26. The molecule has 2 aliphatic heterocycles. The van der Waals surface area contributed by atoms with Gasteiger partial charge in [0.05, 0.1) is 23.5 Å². The number of piperidine rings is 2. The van der Waals surface area contributed by atoms with Crippen LogP contribution < -0.4 is 5.32 Å². The summed E-state index contributed by atoms with van der Waals surface area (Å²) in [6.45, 7) is 3.38. The van der Waals surface area contributed by atoms with Crippen LogP contribution in [0.2, 0.25) is 5.02 Å². The first-order valence-electron chi connectivity index (χ1n) is 8.34. The van der Waals surface area contributed by atoms with Gasteiger partial charge in [-0.3, -0.25) is 4.90 Å². The number of hydrogen-bond donors (Lipinski definition) is 0. The maximum atomic E-state index is 6.07. The van der Waals surface area contributed by atoms with E-state index >= 15 is 0 Å². The number of benzene rings is 1. The Balaban J connectivity index is 1.55. The zero-order chi connectivity index (χ0) is 14.9. The summed E-state index contributed by atoms with van der Waals surface area (Å²) in [4.78, 5) is 7.10. The summed E-state index contributed by atoms with van der Waals surface area (Å²) in [6, 6.07) is 6.49. The fraction of sp³-hybridized carbons (Fsp3) is 0.588. The second kappa shape index (κ2) is 6.19. The monoisotopic (exact) mass is 317 g/mol. The van der Waals surface area contributed by atoms with Crippen LogP contribution in [-0.2, 0) is 0 Å². The zero-order valence-electron chi connectivity index (χ0n) is 12.8. The van der Waals surface area contributed by atoms with E-state index < -0.39 is 0 Å². The maximum Gasteiger partial charge on any atom is 0.0960 e. The van der Waals surface area contributed by atoms with E-state index in [-0.39, 0.29) is 0 Å². The van der Waals surface area contributed by atoms with Crippen LogP contribution in [0.4, 0.5) is 0 Å². The Kier molecular flexibility index (Phi) is 4.07. The molecule has 4 rings (SSSR count). The first kappa shape index (κ1) is 14.5. The minimum atomic E-state index is 0.392. The lowest BCUT2D eigenvalue weighted by Gasteiger charge is -2.39. The summed E-state index contributed by atoms with van der Waals surface area (Å²) < 4.78 is 2.33. The number of nitrogens with zero attached hydrogens (tertiary/aromatic N) is 4. The molecule has 2 aromatic rings. The van der Waals surface area contributed by atoms with Crippen molar-refractivity contribution in [1.29, 1.82) is 0 Å². The van der Waals surface area contributed by atoms with Crippen molar-refractivity contribution in [1.82, 2.24) is 19.8 Å². The van der Waals surface area contributed by atoms with Gasteiger partial charge in [-0.1, -0.05) is 18.0 Å². The average Bonchev–Trinajstić information content (AvgIpc) is 2.99. The fourth-order valence-electron chi connectivity index (χ4n) is 3.84. The molecule has 1 aromatic heterocycles. The van der Waals surface area contributed by atoms with E-state index in [2.05, 4.69) is 20.5 Å². The molecule has 1 aromatic carbocycles. The van der Waals surface area contributed by atoms with Crippen molar-refractivity contribution < 1.29 is 0 Å². The van der Waals surface area contributed by atoms with Crippen LogP contribution in [0.5, 0.6) is 0 Å². The molecule has 4 nitrogen and oxygen atoms in total. The number of aromatic nitrogens is 2. The van der Waals surface area contributed by atoms with E-state index in [1.165, 1.54) is 37.9 Å².